The first-order chi connectivity index (χ1) is 12.0. The monoisotopic (exact) mass is 367 g/mol. The Balaban J connectivity index is 1.52. The number of alkyl halides is 2. The van der Waals surface area contributed by atoms with Crippen molar-refractivity contribution in [3.05, 3.63) is 47.3 Å². The third kappa shape index (κ3) is 4.79. The van der Waals surface area contributed by atoms with Gasteiger partial charge in [0.1, 0.15) is 0 Å². The van der Waals surface area contributed by atoms with Crippen LogP contribution in [0.4, 0.5) is 8.78 Å². The molecule has 134 valence electrons. The van der Waals surface area contributed by atoms with Crippen molar-refractivity contribution in [1.29, 1.82) is 0 Å². The smallest absolute Gasteiger partial charge is 0.288 e. The summed E-state index contributed by atoms with van der Waals surface area (Å²) in [5, 5.41) is 3.88. The molecule has 1 aromatic carbocycles. The van der Waals surface area contributed by atoms with Gasteiger partial charge in [-0.05, 0) is 31.2 Å². The molecule has 1 aromatic heterocycles. The van der Waals surface area contributed by atoms with Crippen molar-refractivity contribution in [2.24, 2.45) is 0 Å². The molecule has 0 saturated carbocycles. The predicted molar refractivity (Wildman–Crippen MR) is 90.7 cm³/mol. The van der Waals surface area contributed by atoms with Gasteiger partial charge in [-0.2, -0.15) is 8.78 Å². The Morgan fingerprint density at radius 3 is 2.48 bits per heavy atom. The quantitative estimate of drug-likeness (QED) is 0.760. The van der Waals surface area contributed by atoms with Crippen molar-refractivity contribution in [2.45, 2.75) is 24.1 Å². The van der Waals surface area contributed by atoms with E-state index in [2.05, 4.69) is 10.1 Å². The number of rotatable bonds is 5. The number of aryl methyl sites for hydroxylation is 1. The molecule has 1 fully saturated rings. The van der Waals surface area contributed by atoms with Crippen LogP contribution in [-0.2, 0) is 6.54 Å². The Labute approximate surface area is 149 Å². The third-order valence-corrected chi connectivity index (χ3v) is 4.76. The molecule has 5 nitrogen and oxygen atoms in total. The van der Waals surface area contributed by atoms with Crippen LogP contribution in [0.5, 0.6) is 0 Å². The minimum absolute atomic E-state index is 0.0660. The Morgan fingerprint density at radius 2 is 1.92 bits per heavy atom. The second-order valence-corrected chi connectivity index (χ2v) is 6.97. The fourth-order valence-electron chi connectivity index (χ4n) is 2.78. The van der Waals surface area contributed by atoms with E-state index in [1.807, 2.05) is 13.0 Å². The van der Waals surface area contributed by atoms with E-state index in [9.17, 15) is 13.6 Å². The zero-order valence-corrected chi connectivity index (χ0v) is 14.6. The summed E-state index contributed by atoms with van der Waals surface area (Å²) in [7, 11) is 0. The van der Waals surface area contributed by atoms with Crippen LogP contribution in [0.3, 0.4) is 0 Å². The normalized spacial score (nSPS) is 15.8. The van der Waals surface area contributed by atoms with E-state index in [0.29, 0.717) is 41.9 Å². The van der Waals surface area contributed by atoms with Crippen molar-refractivity contribution in [1.82, 2.24) is 15.0 Å². The SMILES string of the molecule is Cc1cc(CN2CCN(C(=O)c3ccc(SC(F)F)cc3)CC2)on1. The van der Waals surface area contributed by atoms with Crippen LogP contribution < -0.4 is 0 Å². The average Bonchev–Trinajstić information content (AvgIpc) is 3.00. The number of hydrogen-bond donors (Lipinski definition) is 0. The number of amides is 1. The molecule has 0 N–H and O–H groups in total. The number of aromatic nitrogens is 1. The van der Waals surface area contributed by atoms with Gasteiger partial charge >= 0.3 is 0 Å². The van der Waals surface area contributed by atoms with Crippen molar-refractivity contribution in [3.8, 4) is 0 Å². The van der Waals surface area contributed by atoms with Gasteiger partial charge in [-0.25, -0.2) is 0 Å². The lowest BCUT2D eigenvalue weighted by Gasteiger charge is -2.34. The summed E-state index contributed by atoms with van der Waals surface area (Å²) in [6, 6.07) is 8.25. The van der Waals surface area contributed by atoms with Crippen LogP contribution in [0.25, 0.3) is 0 Å². The first kappa shape index (κ1) is 17.9. The molecule has 1 aliphatic rings. The zero-order valence-electron chi connectivity index (χ0n) is 13.8. The summed E-state index contributed by atoms with van der Waals surface area (Å²) < 4.78 is 29.9. The number of piperazine rings is 1. The summed E-state index contributed by atoms with van der Waals surface area (Å²) in [5.74, 6) is -1.70. The van der Waals surface area contributed by atoms with Crippen molar-refractivity contribution in [2.75, 3.05) is 26.2 Å². The van der Waals surface area contributed by atoms with Crippen LogP contribution in [0.2, 0.25) is 0 Å². The van der Waals surface area contributed by atoms with Gasteiger partial charge in [0.05, 0.1) is 12.2 Å². The summed E-state index contributed by atoms with van der Waals surface area (Å²) in [6.45, 7) is 5.33. The number of carbonyl (C=O) groups is 1. The fourth-order valence-corrected chi connectivity index (χ4v) is 3.28. The minimum atomic E-state index is -2.46. The third-order valence-electron chi connectivity index (χ3n) is 4.04. The molecule has 25 heavy (non-hydrogen) atoms. The van der Waals surface area contributed by atoms with Crippen LogP contribution in [-0.4, -0.2) is 52.8 Å². The van der Waals surface area contributed by atoms with E-state index in [0.717, 1.165) is 24.5 Å². The number of benzene rings is 1. The molecule has 2 heterocycles. The van der Waals surface area contributed by atoms with Gasteiger partial charge in [0, 0.05) is 42.7 Å². The number of carbonyl (C=O) groups excluding carboxylic acids is 1. The summed E-state index contributed by atoms with van der Waals surface area (Å²) in [5.41, 5.74) is 1.38. The van der Waals surface area contributed by atoms with Gasteiger partial charge in [0.15, 0.2) is 5.76 Å². The Kier molecular flexibility index (Phi) is 5.70. The van der Waals surface area contributed by atoms with Crippen LogP contribution in [0.1, 0.15) is 21.8 Å². The lowest BCUT2D eigenvalue weighted by Crippen LogP contribution is -2.48. The summed E-state index contributed by atoms with van der Waals surface area (Å²) >= 11 is 0.478. The Bertz CT molecular complexity index is 713. The number of nitrogens with zero attached hydrogens (tertiary/aromatic N) is 3. The zero-order chi connectivity index (χ0) is 17.8. The number of hydrogen-bond acceptors (Lipinski definition) is 5. The number of halogens is 2. The highest BCUT2D eigenvalue weighted by Gasteiger charge is 2.23. The summed E-state index contributed by atoms with van der Waals surface area (Å²) in [4.78, 5) is 17.0. The summed E-state index contributed by atoms with van der Waals surface area (Å²) in [6.07, 6.45) is 0. The average molecular weight is 367 g/mol. The lowest BCUT2D eigenvalue weighted by molar-refractivity contribution is 0.0617. The van der Waals surface area contributed by atoms with E-state index >= 15 is 0 Å². The topological polar surface area (TPSA) is 49.6 Å². The maximum Gasteiger partial charge on any atom is 0.288 e. The van der Waals surface area contributed by atoms with Crippen LogP contribution in [0, 0.1) is 6.92 Å². The highest BCUT2D eigenvalue weighted by Crippen LogP contribution is 2.25. The molecule has 0 spiro atoms. The van der Waals surface area contributed by atoms with Crippen molar-refractivity contribution in [3.63, 3.8) is 0 Å². The molecular formula is C17H19F2N3O2S. The van der Waals surface area contributed by atoms with Gasteiger partial charge in [-0.15, -0.1) is 0 Å². The molecule has 1 saturated heterocycles. The minimum Gasteiger partial charge on any atom is -0.360 e. The van der Waals surface area contributed by atoms with E-state index < -0.39 is 5.76 Å². The molecule has 3 rings (SSSR count). The molecule has 8 heteroatoms. The van der Waals surface area contributed by atoms with Gasteiger partial charge in [0.25, 0.3) is 11.7 Å². The van der Waals surface area contributed by atoms with Gasteiger partial charge in [0.2, 0.25) is 0 Å². The van der Waals surface area contributed by atoms with Crippen molar-refractivity contribution >= 4 is 17.7 Å². The molecular weight excluding hydrogens is 348 g/mol. The highest BCUT2D eigenvalue weighted by molar-refractivity contribution is 7.99. The van der Waals surface area contributed by atoms with Gasteiger partial charge in [-0.1, -0.05) is 16.9 Å². The van der Waals surface area contributed by atoms with Crippen LogP contribution in [0.15, 0.2) is 39.8 Å². The maximum absolute atomic E-state index is 12.5. The van der Waals surface area contributed by atoms with E-state index in [1.54, 1.807) is 29.2 Å². The van der Waals surface area contributed by atoms with Crippen molar-refractivity contribution < 1.29 is 18.1 Å². The molecule has 0 aliphatic carbocycles. The second kappa shape index (κ2) is 7.97. The van der Waals surface area contributed by atoms with E-state index in [4.69, 9.17) is 4.52 Å². The molecule has 1 aliphatic heterocycles. The molecule has 0 bridgehead atoms. The largest absolute Gasteiger partial charge is 0.360 e. The molecule has 0 unspecified atom stereocenters. The van der Waals surface area contributed by atoms with Crippen LogP contribution >= 0.6 is 11.8 Å². The molecule has 0 atom stereocenters. The Morgan fingerprint density at radius 1 is 1.24 bits per heavy atom. The standard InChI is InChI=1S/C17H19F2N3O2S/c1-12-10-14(24-20-12)11-21-6-8-22(9-7-21)16(23)13-2-4-15(5-3-13)25-17(18)19/h2-5,10,17H,6-9,11H2,1H3. The molecule has 2 aromatic rings. The van der Waals surface area contributed by atoms with E-state index in [-0.39, 0.29) is 5.91 Å². The Hall–Kier alpha value is -1.93. The maximum atomic E-state index is 12.5. The highest BCUT2D eigenvalue weighted by atomic mass is 32.2. The molecule has 0 radical (unpaired) electrons. The second-order valence-electron chi connectivity index (χ2n) is 5.91. The number of thioether (sulfide) groups is 1. The fraction of sp³-hybridized carbons (Fsp3) is 0.412. The lowest BCUT2D eigenvalue weighted by atomic mass is 10.2. The van der Waals surface area contributed by atoms with Gasteiger partial charge < -0.3 is 9.42 Å². The predicted octanol–water partition coefficient (Wildman–Crippen LogP) is 3.26. The molecule has 1 amide bonds. The van der Waals surface area contributed by atoms with E-state index in [1.165, 1.54) is 0 Å². The van der Waals surface area contributed by atoms with Gasteiger partial charge in [-0.3, -0.25) is 9.69 Å². The first-order valence-corrected chi connectivity index (χ1v) is 8.88. The first-order valence-electron chi connectivity index (χ1n) is 8.00.